The van der Waals surface area contributed by atoms with Crippen molar-refractivity contribution in [1.29, 1.82) is 0 Å². The molecule has 0 saturated carbocycles. The quantitative estimate of drug-likeness (QED) is 0.913. The predicted molar refractivity (Wildman–Crippen MR) is 74.2 cm³/mol. The smallest absolute Gasteiger partial charge is 0.243 e. The number of hydrogen-bond donors (Lipinski definition) is 1. The summed E-state index contributed by atoms with van der Waals surface area (Å²) in [4.78, 5) is 19.9. The summed E-state index contributed by atoms with van der Waals surface area (Å²) in [6, 6.07) is 0. The monoisotopic (exact) mass is 297 g/mol. The van der Waals surface area contributed by atoms with Crippen LogP contribution in [0, 0.1) is 13.8 Å². The van der Waals surface area contributed by atoms with Crippen LogP contribution in [0.1, 0.15) is 18.2 Å². The second kappa shape index (κ2) is 4.86. The number of nitrogens with one attached hydrogen (secondary N) is 1. The van der Waals surface area contributed by atoms with Gasteiger partial charge < -0.3 is 9.73 Å². The summed E-state index contributed by atoms with van der Waals surface area (Å²) in [5, 5.41) is 1.95. The molecule has 2 rings (SSSR count). The van der Waals surface area contributed by atoms with E-state index in [0.29, 0.717) is 16.9 Å². The van der Waals surface area contributed by atoms with Gasteiger partial charge in [-0.3, -0.25) is 4.79 Å². The zero-order valence-electron chi connectivity index (χ0n) is 11.6. The van der Waals surface area contributed by atoms with Crippen LogP contribution in [0.15, 0.2) is 10.7 Å². The van der Waals surface area contributed by atoms with Crippen molar-refractivity contribution in [2.24, 2.45) is 0 Å². The molecule has 108 valence electrons. The Balaban J connectivity index is 2.42. The number of furan rings is 1. The van der Waals surface area contributed by atoms with Gasteiger partial charge in [-0.25, -0.2) is 18.4 Å². The highest BCUT2D eigenvalue weighted by molar-refractivity contribution is 7.92. The van der Waals surface area contributed by atoms with Crippen LogP contribution in [0.25, 0.3) is 11.1 Å². The van der Waals surface area contributed by atoms with Gasteiger partial charge in [-0.1, -0.05) is 0 Å². The molecule has 1 amide bonds. The summed E-state index contributed by atoms with van der Waals surface area (Å²) in [6.07, 6.45) is 2.27. The van der Waals surface area contributed by atoms with Gasteiger partial charge in [0.25, 0.3) is 0 Å². The molecule has 2 heterocycles. The Morgan fingerprint density at radius 2 is 2.00 bits per heavy atom. The molecule has 0 bridgehead atoms. The third kappa shape index (κ3) is 2.51. The van der Waals surface area contributed by atoms with Gasteiger partial charge in [0.1, 0.15) is 23.2 Å². The molecule has 0 radical (unpaired) electrons. The molecule has 0 aromatic carbocycles. The number of carbonyl (C=O) groups excluding carboxylic acids is 1. The number of aromatic nitrogens is 2. The zero-order valence-corrected chi connectivity index (χ0v) is 12.4. The first-order valence-electron chi connectivity index (χ1n) is 5.92. The fraction of sp³-hybridized carbons (Fsp3) is 0.417. The average Bonchev–Trinajstić information content (AvgIpc) is 2.64. The van der Waals surface area contributed by atoms with Gasteiger partial charge in [-0.15, -0.1) is 0 Å². The van der Waals surface area contributed by atoms with Crippen molar-refractivity contribution in [2.75, 3.05) is 11.6 Å². The number of anilines is 1. The van der Waals surface area contributed by atoms with E-state index in [1.165, 1.54) is 13.3 Å². The lowest BCUT2D eigenvalue weighted by Gasteiger charge is -2.10. The standard InChI is InChI=1S/C12H15N3O4S/c1-6-7(2)19-12-9(6)10(13-5-14-12)15-11(16)8(3)20(4,17)18/h5,8H,1-4H3,(H,13,14,15,16). The van der Waals surface area contributed by atoms with Crippen LogP contribution < -0.4 is 5.32 Å². The third-order valence-corrected chi connectivity index (χ3v) is 4.72. The fourth-order valence-corrected chi connectivity index (χ4v) is 2.14. The normalized spacial score (nSPS) is 13.4. The van der Waals surface area contributed by atoms with Crippen molar-refractivity contribution in [2.45, 2.75) is 26.0 Å². The molecule has 2 aromatic rings. The Hall–Kier alpha value is -1.96. The largest absolute Gasteiger partial charge is 0.443 e. The van der Waals surface area contributed by atoms with E-state index in [0.717, 1.165) is 11.8 Å². The Labute approximate surface area is 116 Å². The molecule has 0 aliphatic rings. The SMILES string of the molecule is Cc1oc2ncnc(NC(=O)C(C)S(C)(=O)=O)c2c1C. The average molecular weight is 297 g/mol. The van der Waals surface area contributed by atoms with Gasteiger partial charge in [0, 0.05) is 11.8 Å². The molecule has 20 heavy (non-hydrogen) atoms. The van der Waals surface area contributed by atoms with Crippen molar-refractivity contribution in [3.63, 3.8) is 0 Å². The first-order valence-corrected chi connectivity index (χ1v) is 7.87. The maximum Gasteiger partial charge on any atom is 0.243 e. The minimum Gasteiger partial charge on any atom is -0.443 e. The van der Waals surface area contributed by atoms with E-state index in [1.807, 2.05) is 6.92 Å². The minimum absolute atomic E-state index is 0.254. The molecule has 1 unspecified atom stereocenters. The lowest BCUT2D eigenvalue weighted by atomic mass is 10.2. The van der Waals surface area contributed by atoms with Gasteiger partial charge in [0.05, 0.1) is 5.39 Å². The molecule has 1 atom stereocenters. The summed E-state index contributed by atoms with van der Waals surface area (Å²) in [7, 11) is -3.46. The molecule has 8 heteroatoms. The Kier molecular flexibility index (Phi) is 3.51. The Morgan fingerprint density at radius 1 is 1.35 bits per heavy atom. The lowest BCUT2D eigenvalue weighted by molar-refractivity contribution is -0.115. The number of hydrogen-bond acceptors (Lipinski definition) is 6. The van der Waals surface area contributed by atoms with Crippen LogP contribution in [-0.2, 0) is 14.6 Å². The zero-order chi connectivity index (χ0) is 15.1. The van der Waals surface area contributed by atoms with E-state index < -0.39 is 21.0 Å². The topological polar surface area (TPSA) is 102 Å². The maximum atomic E-state index is 11.9. The highest BCUT2D eigenvalue weighted by Gasteiger charge is 2.25. The number of aryl methyl sites for hydroxylation is 2. The minimum atomic E-state index is -3.46. The van der Waals surface area contributed by atoms with Crippen molar-refractivity contribution < 1.29 is 17.6 Å². The number of rotatable bonds is 3. The van der Waals surface area contributed by atoms with Gasteiger partial charge >= 0.3 is 0 Å². The molecule has 1 N–H and O–H groups in total. The molecule has 7 nitrogen and oxygen atoms in total. The second-order valence-corrected chi connectivity index (χ2v) is 7.01. The van der Waals surface area contributed by atoms with Crippen LogP contribution in [0.4, 0.5) is 5.82 Å². The van der Waals surface area contributed by atoms with Crippen molar-refractivity contribution in [3.8, 4) is 0 Å². The number of fused-ring (bicyclic) bond motifs is 1. The molecule has 0 aliphatic heterocycles. The highest BCUT2D eigenvalue weighted by Crippen LogP contribution is 2.28. The molecular weight excluding hydrogens is 282 g/mol. The number of amides is 1. The first-order chi connectivity index (χ1) is 9.21. The van der Waals surface area contributed by atoms with E-state index in [1.54, 1.807) is 6.92 Å². The Bertz CT molecular complexity index is 779. The van der Waals surface area contributed by atoms with Crippen LogP contribution in [0.2, 0.25) is 0 Å². The molecule has 2 aromatic heterocycles. The number of carbonyl (C=O) groups is 1. The van der Waals surface area contributed by atoms with Crippen LogP contribution in [0.5, 0.6) is 0 Å². The summed E-state index contributed by atoms with van der Waals surface area (Å²) in [5.74, 6) is 0.294. The fourth-order valence-electron chi connectivity index (χ4n) is 1.69. The molecule has 0 fully saturated rings. The summed E-state index contributed by atoms with van der Waals surface area (Å²) >= 11 is 0. The molecule has 0 saturated heterocycles. The van der Waals surface area contributed by atoms with Gasteiger partial charge in [0.2, 0.25) is 11.6 Å². The van der Waals surface area contributed by atoms with Crippen LogP contribution >= 0.6 is 0 Å². The second-order valence-electron chi connectivity index (χ2n) is 4.65. The van der Waals surface area contributed by atoms with Gasteiger partial charge in [-0.2, -0.15) is 0 Å². The van der Waals surface area contributed by atoms with E-state index in [9.17, 15) is 13.2 Å². The molecule has 0 aliphatic carbocycles. The van der Waals surface area contributed by atoms with E-state index in [2.05, 4.69) is 15.3 Å². The number of nitrogens with zero attached hydrogens (tertiary/aromatic N) is 2. The van der Waals surface area contributed by atoms with E-state index >= 15 is 0 Å². The maximum absolute atomic E-state index is 11.9. The van der Waals surface area contributed by atoms with Gasteiger partial charge in [-0.05, 0) is 20.8 Å². The summed E-state index contributed by atoms with van der Waals surface area (Å²) < 4.78 is 28.2. The van der Waals surface area contributed by atoms with Crippen LogP contribution in [0.3, 0.4) is 0 Å². The lowest BCUT2D eigenvalue weighted by Crippen LogP contribution is -2.32. The Morgan fingerprint density at radius 3 is 2.60 bits per heavy atom. The van der Waals surface area contributed by atoms with E-state index in [-0.39, 0.29) is 5.82 Å². The summed E-state index contributed by atoms with van der Waals surface area (Å²) in [5.41, 5.74) is 1.17. The van der Waals surface area contributed by atoms with Crippen molar-refractivity contribution in [1.82, 2.24) is 9.97 Å². The van der Waals surface area contributed by atoms with Gasteiger partial charge in [0.15, 0.2) is 9.84 Å². The first kappa shape index (κ1) is 14.4. The van der Waals surface area contributed by atoms with Crippen molar-refractivity contribution in [3.05, 3.63) is 17.7 Å². The predicted octanol–water partition coefficient (Wildman–Crippen LogP) is 1.21. The van der Waals surface area contributed by atoms with E-state index in [4.69, 9.17) is 4.42 Å². The molecular formula is C12H15N3O4S. The van der Waals surface area contributed by atoms with Crippen LogP contribution in [-0.4, -0.2) is 35.8 Å². The third-order valence-electron chi connectivity index (χ3n) is 3.22. The highest BCUT2D eigenvalue weighted by atomic mass is 32.2. The summed E-state index contributed by atoms with van der Waals surface area (Å²) in [6.45, 7) is 4.93. The van der Waals surface area contributed by atoms with Crippen molar-refractivity contribution >= 4 is 32.7 Å². The molecule has 0 spiro atoms. The number of sulfone groups is 1.